The zero-order valence-corrected chi connectivity index (χ0v) is 11.1. The van der Waals surface area contributed by atoms with Crippen molar-refractivity contribution in [1.82, 2.24) is 5.32 Å². The Balaban J connectivity index is 2.40. The maximum Gasteiger partial charge on any atom is 0.325 e. The fourth-order valence-corrected chi connectivity index (χ4v) is 1.47. The number of hydrogen-bond acceptors (Lipinski definition) is 4. The Morgan fingerprint density at radius 3 is 2.19 bits per heavy atom. The molecule has 0 radical (unpaired) electrons. The van der Waals surface area contributed by atoms with Crippen LogP contribution in [0.4, 0.5) is 10.5 Å². The van der Waals surface area contributed by atoms with Crippen LogP contribution < -0.4 is 16.4 Å². The largest absolute Gasteiger partial charge is 0.481 e. The quantitative estimate of drug-likeness (QED) is 0.611. The highest BCUT2D eigenvalue weighted by molar-refractivity contribution is 6.01. The second-order valence-corrected chi connectivity index (χ2v) is 4.19. The molecule has 21 heavy (non-hydrogen) atoms. The number of primary amides is 1. The number of aliphatic carboxylic acids is 1. The predicted molar refractivity (Wildman–Crippen MR) is 73.6 cm³/mol. The van der Waals surface area contributed by atoms with Crippen LogP contribution in [0.3, 0.4) is 0 Å². The molecule has 0 aliphatic heterocycles. The van der Waals surface area contributed by atoms with Gasteiger partial charge in [0.2, 0.25) is 11.8 Å². The van der Waals surface area contributed by atoms with Gasteiger partial charge in [-0.2, -0.15) is 0 Å². The van der Waals surface area contributed by atoms with Gasteiger partial charge in [0.05, 0.1) is 0 Å². The van der Waals surface area contributed by atoms with Gasteiger partial charge in [-0.3, -0.25) is 19.7 Å². The standard InChI is InChI=1S/C13H15N3O5/c14-12(20)8-4-6-9(7-5-8)15-13(21)16-10(17)2-1-3-11(18)19/h4-7H,1-3H2,(H2,14,20)(H,18,19)(H2,15,16,17,21). The first-order chi connectivity index (χ1) is 9.88. The molecule has 0 atom stereocenters. The van der Waals surface area contributed by atoms with E-state index < -0.39 is 23.8 Å². The zero-order chi connectivity index (χ0) is 15.8. The summed E-state index contributed by atoms with van der Waals surface area (Å²) in [4.78, 5) is 44.0. The second-order valence-electron chi connectivity index (χ2n) is 4.19. The molecule has 5 N–H and O–H groups in total. The molecular weight excluding hydrogens is 278 g/mol. The van der Waals surface area contributed by atoms with E-state index in [1.54, 1.807) is 0 Å². The Hall–Kier alpha value is -2.90. The van der Waals surface area contributed by atoms with Gasteiger partial charge >= 0.3 is 12.0 Å². The summed E-state index contributed by atoms with van der Waals surface area (Å²) in [6.07, 6.45) is -0.0360. The normalized spacial score (nSPS) is 9.71. The second kappa shape index (κ2) is 7.63. The van der Waals surface area contributed by atoms with Gasteiger partial charge in [-0.05, 0) is 30.7 Å². The van der Waals surface area contributed by atoms with E-state index in [9.17, 15) is 19.2 Å². The van der Waals surface area contributed by atoms with Crippen molar-refractivity contribution in [3.05, 3.63) is 29.8 Å². The summed E-state index contributed by atoms with van der Waals surface area (Å²) in [5, 5.41) is 12.9. The fraction of sp³-hybridized carbons (Fsp3) is 0.231. The minimum absolute atomic E-state index is 0.0552. The number of carbonyl (C=O) groups is 4. The van der Waals surface area contributed by atoms with Crippen LogP contribution in [-0.2, 0) is 9.59 Å². The Bertz CT molecular complexity index is 553. The van der Waals surface area contributed by atoms with Crippen LogP contribution in [0, 0.1) is 0 Å². The number of urea groups is 1. The first-order valence-corrected chi connectivity index (χ1v) is 6.11. The van der Waals surface area contributed by atoms with Crippen molar-refractivity contribution >= 4 is 29.5 Å². The molecule has 0 aliphatic rings. The molecule has 0 aromatic heterocycles. The number of benzene rings is 1. The van der Waals surface area contributed by atoms with Gasteiger partial charge in [0.15, 0.2) is 0 Å². The van der Waals surface area contributed by atoms with Gasteiger partial charge in [-0.25, -0.2) is 4.79 Å². The third kappa shape index (κ3) is 6.19. The minimum Gasteiger partial charge on any atom is -0.481 e. The van der Waals surface area contributed by atoms with Crippen LogP contribution in [0.1, 0.15) is 29.6 Å². The molecule has 1 rings (SSSR count). The highest BCUT2D eigenvalue weighted by atomic mass is 16.4. The van der Waals surface area contributed by atoms with Gasteiger partial charge < -0.3 is 16.2 Å². The number of nitrogens with one attached hydrogen (secondary N) is 2. The Morgan fingerprint density at radius 2 is 1.67 bits per heavy atom. The molecule has 0 aliphatic carbocycles. The van der Waals surface area contributed by atoms with Crippen molar-refractivity contribution in [2.24, 2.45) is 5.73 Å². The molecular formula is C13H15N3O5. The molecule has 0 bridgehead atoms. The molecule has 0 spiro atoms. The summed E-state index contributed by atoms with van der Waals surface area (Å²) in [5.41, 5.74) is 5.76. The van der Waals surface area contributed by atoms with Crippen LogP contribution >= 0.6 is 0 Å². The monoisotopic (exact) mass is 293 g/mol. The van der Waals surface area contributed by atoms with Crippen molar-refractivity contribution < 1.29 is 24.3 Å². The summed E-state index contributed by atoms with van der Waals surface area (Å²) >= 11 is 0. The lowest BCUT2D eigenvalue weighted by molar-refractivity contribution is -0.137. The summed E-state index contributed by atoms with van der Waals surface area (Å²) in [6, 6.07) is 5.07. The van der Waals surface area contributed by atoms with E-state index in [4.69, 9.17) is 10.8 Å². The fourth-order valence-electron chi connectivity index (χ4n) is 1.47. The van der Waals surface area contributed by atoms with E-state index in [-0.39, 0.29) is 19.3 Å². The number of rotatable bonds is 6. The molecule has 0 fully saturated rings. The van der Waals surface area contributed by atoms with Crippen LogP contribution in [0.15, 0.2) is 24.3 Å². The third-order valence-corrected chi connectivity index (χ3v) is 2.47. The molecule has 1 aromatic carbocycles. The molecule has 0 unspecified atom stereocenters. The lowest BCUT2D eigenvalue weighted by Gasteiger charge is -2.06. The number of carbonyl (C=O) groups excluding carboxylic acids is 3. The molecule has 1 aromatic rings. The predicted octanol–water partition coefficient (Wildman–Crippen LogP) is 0.688. The minimum atomic E-state index is -0.998. The Kier molecular flexibility index (Phi) is 5.87. The summed E-state index contributed by atoms with van der Waals surface area (Å²) in [7, 11) is 0. The first-order valence-electron chi connectivity index (χ1n) is 6.11. The van der Waals surface area contributed by atoms with Crippen LogP contribution in [0.2, 0.25) is 0 Å². The lowest BCUT2D eigenvalue weighted by Crippen LogP contribution is -2.34. The average Bonchev–Trinajstić information content (AvgIpc) is 2.38. The molecule has 8 heteroatoms. The molecule has 0 saturated heterocycles. The molecule has 0 heterocycles. The number of nitrogens with two attached hydrogens (primary N) is 1. The summed E-state index contributed by atoms with van der Waals surface area (Å²) < 4.78 is 0. The van der Waals surface area contributed by atoms with Crippen molar-refractivity contribution in [3.8, 4) is 0 Å². The third-order valence-electron chi connectivity index (χ3n) is 2.47. The number of amides is 4. The summed E-state index contributed by atoms with van der Waals surface area (Å²) in [5.74, 6) is -2.15. The molecule has 8 nitrogen and oxygen atoms in total. The number of anilines is 1. The number of hydrogen-bond donors (Lipinski definition) is 4. The molecule has 4 amide bonds. The number of carboxylic acids is 1. The van der Waals surface area contributed by atoms with Crippen LogP contribution in [-0.4, -0.2) is 28.9 Å². The van der Waals surface area contributed by atoms with Gasteiger partial charge in [0.1, 0.15) is 0 Å². The van der Waals surface area contributed by atoms with E-state index in [1.165, 1.54) is 24.3 Å². The van der Waals surface area contributed by atoms with E-state index in [0.717, 1.165) is 0 Å². The maximum atomic E-state index is 11.5. The van der Waals surface area contributed by atoms with Gasteiger partial charge in [-0.15, -0.1) is 0 Å². The van der Waals surface area contributed by atoms with Crippen LogP contribution in [0.5, 0.6) is 0 Å². The van der Waals surface area contributed by atoms with Gasteiger partial charge in [0.25, 0.3) is 0 Å². The Morgan fingerprint density at radius 1 is 1.05 bits per heavy atom. The van der Waals surface area contributed by atoms with Crippen molar-refractivity contribution in [2.75, 3.05) is 5.32 Å². The van der Waals surface area contributed by atoms with Crippen molar-refractivity contribution in [1.29, 1.82) is 0 Å². The van der Waals surface area contributed by atoms with Crippen molar-refractivity contribution in [2.45, 2.75) is 19.3 Å². The average molecular weight is 293 g/mol. The van der Waals surface area contributed by atoms with E-state index in [1.807, 2.05) is 0 Å². The lowest BCUT2D eigenvalue weighted by atomic mass is 10.2. The van der Waals surface area contributed by atoms with Crippen LogP contribution in [0.25, 0.3) is 0 Å². The molecule has 0 saturated carbocycles. The topological polar surface area (TPSA) is 139 Å². The van der Waals surface area contributed by atoms with E-state index in [2.05, 4.69) is 10.6 Å². The van der Waals surface area contributed by atoms with E-state index in [0.29, 0.717) is 11.3 Å². The molecule has 112 valence electrons. The van der Waals surface area contributed by atoms with Gasteiger partial charge in [-0.1, -0.05) is 0 Å². The SMILES string of the molecule is NC(=O)c1ccc(NC(=O)NC(=O)CCCC(=O)O)cc1. The zero-order valence-electron chi connectivity index (χ0n) is 11.1. The van der Waals surface area contributed by atoms with Gasteiger partial charge in [0, 0.05) is 24.1 Å². The maximum absolute atomic E-state index is 11.5. The Labute approximate surface area is 120 Å². The smallest absolute Gasteiger partial charge is 0.325 e. The first kappa shape index (κ1) is 16.2. The summed E-state index contributed by atoms with van der Waals surface area (Å²) in [6.45, 7) is 0. The number of imide groups is 1. The number of carboxylic acid groups (broad SMARTS) is 1. The van der Waals surface area contributed by atoms with E-state index >= 15 is 0 Å². The van der Waals surface area contributed by atoms with Crippen molar-refractivity contribution in [3.63, 3.8) is 0 Å². The highest BCUT2D eigenvalue weighted by Crippen LogP contribution is 2.08. The highest BCUT2D eigenvalue weighted by Gasteiger charge is 2.09.